The fourth-order valence-electron chi connectivity index (χ4n) is 1.38. The molecule has 0 saturated carbocycles. The summed E-state index contributed by atoms with van der Waals surface area (Å²) >= 11 is 1.54. The van der Waals surface area contributed by atoms with Gasteiger partial charge < -0.3 is 9.64 Å². The normalized spacial score (nSPS) is 10.5. The van der Waals surface area contributed by atoms with E-state index in [0.29, 0.717) is 12.4 Å². The second-order valence-electron chi connectivity index (χ2n) is 3.96. The van der Waals surface area contributed by atoms with Gasteiger partial charge in [0.1, 0.15) is 5.82 Å². The first-order chi connectivity index (χ1) is 8.58. The van der Waals surface area contributed by atoms with Gasteiger partial charge in [-0.2, -0.15) is 0 Å². The predicted octanol–water partition coefficient (Wildman–Crippen LogP) is 1.94. The zero-order chi connectivity index (χ0) is 13.5. The lowest BCUT2D eigenvalue weighted by Gasteiger charge is -2.22. The van der Waals surface area contributed by atoms with E-state index in [-0.39, 0.29) is 6.09 Å². The lowest BCUT2D eigenvalue weighted by molar-refractivity contribution is 0.177. The molecule has 1 heterocycles. The zero-order valence-electron chi connectivity index (χ0n) is 11.2. The van der Waals surface area contributed by atoms with Crippen LogP contribution in [0.15, 0.2) is 23.2 Å². The highest BCUT2D eigenvalue weighted by molar-refractivity contribution is 7.98. The summed E-state index contributed by atoms with van der Waals surface area (Å²) in [5.74, 6) is 0.621. The van der Waals surface area contributed by atoms with Crippen molar-refractivity contribution in [1.82, 2.24) is 9.88 Å². The second-order valence-corrected chi connectivity index (χ2v) is 4.79. The number of ether oxygens (including phenoxy) is 1. The Morgan fingerprint density at radius 3 is 2.67 bits per heavy atom. The molecule has 0 atom stereocenters. The molecular weight excluding hydrogens is 250 g/mol. The summed E-state index contributed by atoms with van der Waals surface area (Å²) in [6, 6.07) is 5.61. The molecule has 1 rings (SSSR count). The molecule has 0 aliphatic heterocycles. The van der Waals surface area contributed by atoms with E-state index in [2.05, 4.69) is 4.98 Å². The predicted molar refractivity (Wildman–Crippen MR) is 74.3 cm³/mol. The van der Waals surface area contributed by atoms with Crippen LogP contribution in [-0.4, -0.2) is 56.5 Å². The Hall–Kier alpha value is -1.27. The second kappa shape index (κ2) is 7.23. The third kappa shape index (κ3) is 4.19. The van der Waals surface area contributed by atoms with Gasteiger partial charge in [-0.25, -0.2) is 9.78 Å². The van der Waals surface area contributed by atoms with Crippen molar-refractivity contribution in [1.29, 1.82) is 0 Å². The molecule has 1 aromatic heterocycles. The number of hydrogen-bond acceptors (Lipinski definition) is 5. The summed E-state index contributed by atoms with van der Waals surface area (Å²) in [4.78, 5) is 19.7. The molecule has 0 fully saturated rings. The van der Waals surface area contributed by atoms with E-state index in [4.69, 9.17) is 4.74 Å². The van der Waals surface area contributed by atoms with Crippen molar-refractivity contribution in [2.75, 3.05) is 45.5 Å². The van der Waals surface area contributed by atoms with E-state index in [9.17, 15) is 4.79 Å². The third-order valence-electron chi connectivity index (χ3n) is 2.36. The summed E-state index contributed by atoms with van der Waals surface area (Å²) in [5.41, 5.74) is 0. The van der Waals surface area contributed by atoms with Crippen LogP contribution in [0.5, 0.6) is 0 Å². The fourth-order valence-corrected chi connectivity index (χ4v) is 1.78. The van der Waals surface area contributed by atoms with Gasteiger partial charge in [-0.3, -0.25) is 4.90 Å². The molecule has 0 aromatic carbocycles. The minimum Gasteiger partial charge on any atom is -0.452 e. The number of nitrogens with zero attached hydrogens (tertiary/aromatic N) is 3. The molecular formula is C12H19N3O2S. The molecule has 0 saturated heterocycles. The number of hydrogen-bond donors (Lipinski definition) is 0. The molecule has 5 nitrogen and oxygen atoms in total. The molecule has 0 N–H and O–H groups in total. The Morgan fingerprint density at radius 1 is 1.39 bits per heavy atom. The van der Waals surface area contributed by atoms with Crippen molar-refractivity contribution in [2.45, 2.75) is 5.03 Å². The molecule has 0 spiro atoms. The van der Waals surface area contributed by atoms with Gasteiger partial charge in [0, 0.05) is 13.1 Å². The number of pyridine rings is 1. The van der Waals surface area contributed by atoms with Crippen LogP contribution in [0.3, 0.4) is 0 Å². The average molecular weight is 269 g/mol. The van der Waals surface area contributed by atoms with Crippen LogP contribution >= 0.6 is 11.8 Å². The van der Waals surface area contributed by atoms with E-state index >= 15 is 0 Å². The number of carbonyl (C=O) groups excluding carboxylic acids is 1. The highest BCUT2D eigenvalue weighted by Gasteiger charge is 2.17. The summed E-state index contributed by atoms with van der Waals surface area (Å²) < 4.78 is 4.79. The van der Waals surface area contributed by atoms with Crippen molar-refractivity contribution < 1.29 is 9.53 Å². The van der Waals surface area contributed by atoms with Crippen LogP contribution in [0.4, 0.5) is 10.6 Å². The van der Waals surface area contributed by atoms with Crippen molar-refractivity contribution in [3.05, 3.63) is 18.2 Å². The van der Waals surface area contributed by atoms with Gasteiger partial charge in [-0.05, 0) is 32.5 Å². The molecule has 0 aliphatic rings. The lowest BCUT2D eigenvalue weighted by Crippen LogP contribution is -2.37. The fraction of sp³-hybridized carbons (Fsp3) is 0.500. The SMILES string of the molecule is COC(=O)N(CCN(C)C)c1cccc(SC)n1. The van der Waals surface area contributed by atoms with Crippen LogP contribution in [0, 0.1) is 0 Å². The number of amides is 1. The number of anilines is 1. The van der Waals surface area contributed by atoms with E-state index in [1.807, 2.05) is 43.5 Å². The number of likely N-dealkylation sites (N-methyl/N-ethyl adjacent to an activating group) is 1. The zero-order valence-corrected chi connectivity index (χ0v) is 12.0. The van der Waals surface area contributed by atoms with Gasteiger partial charge in [0.25, 0.3) is 0 Å². The Bertz CT molecular complexity index is 399. The molecule has 100 valence electrons. The van der Waals surface area contributed by atoms with Crippen molar-refractivity contribution in [3.63, 3.8) is 0 Å². The number of carbonyl (C=O) groups is 1. The lowest BCUT2D eigenvalue weighted by atomic mass is 10.4. The van der Waals surface area contributed by atoms with Crippen molar-refractivity contribution in [2.24, 2.45) is 0 Å². The quantitative estimate of drug-likeness (QED) is 0.764. The minimum atomic E-state index is -0.386. The molecule has 0 bridgehead atoms. The molecule has 18 heavy (non-hydrogen) atoms. The van der Waals surface area contributed by atoms with Gasteiger partial charge in [-0.1, -0.05) is 6.07 Å². The van der Waals surface area contributed by atoms with E-state index in [1.54, 1.807) is 16.7 Å². The molecule has 1 aromatic rings. The number of thioether (sulfide) groups is 1. The molecule has 6 heteroatoms. The summed E-state index contributed by atoms with van der Waals surface area (Å²) in [6.45, 7) is 1.30. The van der Waals surface area contributed by atoms with E-state index < -0.39 is 0 Å². The van der Waals surface area contributed by atoms with Gasteiger partial charge in [0.2, 0.25) is 0 Å². The molecule has 0 radical (unpaired) electrons. The first kappa shape index (κ1) is 14.8. The summed E-state index contributed by atoms with van der Waals surface area (Å²) in [6.07, 6.45) is 1.57. The first-order valence-corrected chi connectivity index (χ1v) is 6.82. The van der Waals surface area contributed by atoms with E-state index in [1.165, 1.54) is 7.11 Å². The van der Waals surface area contributed by atoms with Crippen LogP contribution < -0.4 is 4.90 Å². The Balaban J connectivity index is 2.90. The van der Waals surface area contributed by atoms with Gasteiger partial charge in [0.15, 0.2) is 0 Å². The highest BCUT2D eigenvalue weighted by atomic mass is 32.2. The summed E-state index contributed by atoms with van der Waals surface area (Å²) in [5, 5.41) is 0.881. The molecule has 0 aliphatic carbocycles. The maximum absolute atomic E-state index is 11.8. The van der Waals surface area contributed by atoms with Crippen LogP contribution in [0.1, 0.15) is 0 Å². The average Bonchev–Trinajstić information content (AvgIpc) is 2.38. The molecule has 1 amide bonds. The van der Waals surface area contributed by atoms with Gasteiger partial charge in [-0.15, -0.1) is 11.8 Å². The maximum atomic E-state index is 11.8. The minimum absolute atomic E-state index is 0.386. The topological polar surface area (TPSA) is 45.7 Å². The number of aromatic nitrogens is 1. The number of methoxy groups -OCH3 is 1. The first-order valence-electron chi connectivity index (χ1n) is 5.59. The third-order valence-corrected chi connectivity index (χ3v) is 3.01. The number of rotatable bonds is 5. The van der Waals surface area contributed by atoms with Gasteiger partial charge in [0.05, 0.1) is 12.1 Å². The maximum Gasteiger partial charge on any atom is 0.415 e. The van der Waals surface area contributed by atoms with Crippen molar-refractivity contribution >= 4 is 23.7 Å². The summed E-state index contributed by atoms with van der Waals surface area (Å²) in [7, 11) is 5.30. The molecule has 0 unspecified atom stereocenters. The van der Waals surface area contributed by atoms with Crippen LogP contribution in [0.2, 0.25) is 0 Å². The smallest absolute Gasteiger partial charge is 0.415 e. The largest absolute Gasteiger partial charge is 0.452 e. The highest BCUT2D eigenvalue weighted by Crippen LogP contribution is 2.17. The van der Waals surface area contributed by atoms with Crippen LogP contribution in [-0.2, 0) is 4.74 Å². The standard InChI is InChI=1S/C12H19N3O2S/c1-14(2)8-9-15(12(16)17-3)10-6-5-7-11(13-10)18-4/h5-7H,8-9H2,1-4H3. The van der Waals surface area contributed by atoms with Crippen molar-refractivity contribution in [3.8, 4) is 0 Å². The van der Waals surface area contributed by atoms with Crippen LogP contribution in [0.25, 0.3) is 0 Å². The van der Waals surface area contributed by atoms with Gasteiger partial charge >= 0.3 is 6.09 Å². The van der Waals surface area contributed by atoms with E-state index in [0.717, 1.165) is 11.6 Å². The Labute approximate surface area is 112 Å². The monoisotopic (exact) mass is 269 g/mol. The Kier molecular flexibility index (Phi) is 5.94. The Morgan fingerprint density at radius 2 is 2.11 bits per heavy atom.